The molecule has 0 radical (unpaired) electrons. The van der Waals surface area contributed by atoms with Gasteiger partial charge in [0.2, 0.25) is 0 Å². The first-order valence-corrected chi connectivity index (χ1v) is 11.7. The minimum Gasteiger partial charge on any atom is -0.356 e. The van der Waals surface area contributed by atoms with E-state index in [9.17, 15) is 14.9 Å². The van der Waals surface area contributed by atoms with Crippen LogP contribution in [0.1, 0.15) is 63.0 Å². The average Bonchev–Trinajstić information content (AvgIpc) is 2.79. The van der Waals surface area contributed by atoms with E-state index < -0.39 is 5.91 Å². The summed E-state index contributed by atoms with van der Waals surface area (Å²) in [6, 6.07) is 5.85. The minimum atomic E-state index is -0.411. The molecule has 7 heteroatoms. The number of aromatic nitrogens is 2. The summed E-state index contributed by atoms with van der Waals surface area (Å²) in [5.74, 6) is 0.642. The van der Waals surface area contributed by atoms with Crippen LogP contribution in [-0.2, 0) is 4.79 Å². The molecule has 2 fully saturated rings. The number of nitrogens with one attached hydrogen (secondary N) is 1. The lowest BCUT2D eigenvalue weighted by Crippen LogP contribution is -2.38. The lowest BCUT2D eigenvalue weighted by atomic mass is 9.95. The van der Waals surface area contributed by atoms with Gasteiger partial charge in [-0.25, -0.2) is 4.98 Å². The number of nitriles is 1. The summed E-state index contributed by atoms with van der Waals surface area (Å²) in [4.78, 5) is 33.4. The molecule has 1 aliphatic carbocycles. The van der Waals surface area contributed by atoms with E-state index in [4.69, 9.17) is 4.98 Å². The average molecular weight is 434 g/mol. The minimum absolute atomic E-state index is 0.0478. The van der Waals surface area contributed by atoms with Gasteiger partial charge in [-0.05, 0) is 56.2 Å². The van der Waals surface area contributed by atoms with Crippen LogP contribution < -0.4 is 15.8 Å². The van der Waals surface area contributed by atoms with Crippen molar-refractivity contribution in [3.05, 3.63) is 45.4 Å². The number of carbonyl (C=O) groups is 1. The van der Waals surface area contributed by atoms with Gasteiger partial charge >= 0.3 is 0 Å². The fourth-order valence-corrected chi connectivity index (χ4v) is 4.85. The van der Waals surface area contributed by atoms with E-state index in [1.165, 1.54) is 16.9 Å². The van der Waals surface area contributed by atoms with Gasteiger partial charge in [-0.3, -0.25) is 14.0 Å². The summed E-state index contributed by atoms with van der Waals surface area (Å²) in [5.41, 5.74) is 1.51. The second-order valence-electron chi connectivity index (χ2n) is 9.21. The number of carbonyl (C=O) groups excluding carboxylic acids is 1. The Labute approximate surface area is 188 Å². The van der Waals surface area contributed by atoms with Crippen LogP contribution in [0.15, 0.2) is 28.7 Å². The highest BCUT2D eigenvalue weighted by molar-refractivity contribution is 6.02. The molecule has 2 aliphatic rings. The first-order valence-electron chi connectivity index (χ1n) is 11.7. The zero-order chi connectivity index (χ0) is 22.7. The van der Waals surface area contributed by atoms with Gasteiger partial charge in [-0.1, -0.05) is 32.3 Å². The molecule has 0 spiro atoms. The molecule has 0 bridgehead atoms. The normalized spacial score (nSPS) is 20.2. The molecular weight excluding hydrogens is 402 g/mol. The monoisotopic (exact) mass is 433 g/mol. The third-order valence-corrected chi connectivity index (χ3v) is 6.61. The fraction of sp³-hybridized carbons (Fsp3) is 0.520. The number of nitrogens with zero attached hydrogens (tertiary/aromatic N) is 4. The van der Waals surface area contributed by atoms with Crippen molar-refractivity contribution in [1.29, 1.82) is 5.26 Å². The van der Waals surface area contributed by atoms with E-state index in [1.54, 1.807) is 6.20 Å². The van der Waals surface area contributed by atoms with Gasteiger partial charge in [0.15, 0.2) is 0 Å². The first-order chi connectivity index (χ1) is 15.5. The quantitative estimate of drug-likeness (QED) is 0.588. The summed E-state index contributed by atoms with van der Waals surface area (Å²) in [7, 11) is 0. The van der Waals surface area contributed by atoms with Gasteiger partial charge < -0.3 is 10.2 Å². The molecule has 2 aromatic heterocycles. The number of piperidine rings is 1. The summed E-state index contributed by atoms with van der Waals surface area (Å²) >= 11 is 0. The SMILES string of the molecule is Cc1cccn2c(=O)c(/C=C(\C#N)C(=O)NC3CCCCC3)c(N3CCCC(C)C3)nc12. The fourth-order valence-electron chi connectivity index (χ4n) is 4.85. The molecule has 2 aromatic rings. The summed E-state index contributed by atoms with van der Waals surface area (Å²) in [6.45, 7) is 5.72. The van der Waals surface area contributed by atoms with Crippen LogP contribution in [0.2, 0.25) is 0 Å². The highest BCUT2D eigenvalue weighted by Crippen LogP contribution is 2.26. The Kier molecular flexibility index (Phi) is 6.59. The number of anilines is 1. The van der Waals surface area contributed by atoms with E-state index in [0.29, 0.717) is 22.9 Å². The topological polar surface area (TPSA) is 90.5 Å². The Morgan fingerprint density at radius 2 is 2.03 bits per heavy atom. The molecule has 1 atom stereocenters. The highest BCUT2D eigenvalue weighted by Gasteiger charge is 2.24. The van der Waals surface area contributed by atoms with Crippen LogP contribution >= 0.6 is 0 Å². The van der Waals surface area contributed by atoms with E-state index in [1.807, 2.05) is 25.1 Å². The highest BCUT2D eigenvalue weighted by atomic mass is 16.2. The number of fused-ring (bicyclic) bond motifs is 1. The Hall–Kier alpha value is -3.14. The smallest absolute Gasteiger partial charge is 0.267 e. The third-order valence-electron chi connectivity index (χ3n) is 6.61. The van der Waals surface area contributed by atoms with Crippen LogP contribution in [0.4, 0.5) is 5.82 Å². The summed E-state index contributed by atoms with van der Waals surface area (Å²) in [6.07, 6.45) is 10.5. The lowest BCUT2D eigenvalue weighted by Gasteiger charge is -2.32. The van der Waals surface area contributed by atoms with Crippen LogP contribution in [0.3, 0.4) is 0 Å². The van der Waals surface area contributed by atoms with Gasteiger partial charge in [-0.2, -0.15) is 5.26 Å². The molecular formula is C25H31N5O2. The number of pyridine rings is 1. The molecule has 1 saturated carbocycles. The Bertz CT molecular complexity index is 1140. The van der Waals surface area contributed by atoms with Crippen LogP contribution in [0.25, 0.3) is 11.7 Å². The van der Waals surface area contributed by atoms with Crippen molar-refractivity contribution in [3.8, 4) is 6.07 Å². The van der Waals surface area contributed by atoms with E-state index in [-0.39, 0.29) is 17.2 Å². The van der Waals surface area contributed by atoms with Crippen molar-refractivity contribution in [3.63, 3.8) is 0 Å². The molecule has 4 rings (SSSR count). The van der Waals surface area contributed by atoms with Crippen LogP contribution in [0, 0.1) is 24.2 Å². The predicted molar refractivity (Wildman–Crippen MR) is 125 cm³/mol. The largest absolute Gasteiger partial charge is 0.356 e. The zero-order valence-corrected chi connectivity index (χ0v) is 18.9. The molecule has 3 heterocycles. The molecule has 168 valence electrons. The first kappa shape index (κ1) is 22.1. The zero-order valence-electron chi connectivity index (χ0n) is 18.9. The van der Waals surface area contributed by atoms with Crippen LogP contribution in [0.5, 0.6) is 0 Å². The van der Waals surface area contributed by atoms with Gasteiger partial charge in [0.05, 0.1) is 5.56 Å². The number of aryl methyl sites for hydroxylation is 1. The standard InChI is InChI=1S/C25H31N5O2/c1-17-8-6-12-29(16-17)23-21(25(32)30-13-7-9-18(2)22(30)28-23)14-19(15-26)24(31)27-20-10-4-3-5-11-20/h7,9,13-14,17,20H,3-6,8,10-12,16H2,1-2H3,(H,27,31)/b19-14+. The maximum Gasteiger partial charge on any atom is 0.267 e. The van der Waals surface area contributed by atoms with Crippen molar-refractivity contribution < 1.29 is 4.79 Å². The van der Waals surface area contributed by atoms with Gasteiger partial charge in [0.25, 0.3) is 11.5 Å². The third kappa shape index (κ3) is 4.55. The summed E-state index contributed by atoms with van der Waals surface area (Å²) in [5, 5.41) is 12.7. The lowest BCUT2D eigenvalue weighted by molar-refractivity contribution is -0.117. The molecule has 1 amide bonds. The van der Waals surface area contributed by atoms with Gasteiger partial charge in [0.1, 0.15) is 23.1 Å². The number of amides is 1. The van der Waals surface area contributed by atoms with Gasteiger partial charge in [-0.15, -0.1) is 0 Å². The van der Waals surface area contributed by atoms with E-state index in [0.717, 1.165) is 57.2 Å². The Morgan fingerprint density at radius 1 is 1.25 bits per heavy atom. The second kappa shape index (κ2) is 9.56. The predicted octanol–water partition coefficient (Wildman–Crippen LogP) is 3.60. The molecule has 7 nitrogen and oxygen atoms in total. The van der Waals surface area contributed by atoms with Crippen LogP contribution in [-0.4, -0.2) is 34.4 Å². The number of hydrogen-bond acceptors (Lipinski definition) is 5. The van der Waals surface area contributed by atoms with Crippen molar-refractivity contribution in [2.45, 2.75) is 64.8 Å². The summed E-state index contributed by atoms with van der Waals surface area (Å²) < 4.78 is 1.51. The molecule has 1 unspecified atom stereocenters. The molecule has 1 N–H and O–H groups in total. The van der Waals surface area contributed by atoms with E-state index in [2.05, 4.69) is 17.1 Å². The number of rotatable bonds is 4. The second-order valence-corrected chi connectivity index (χ2v) is 9.21. The molecule has 1 saturated heterocycles. The maximum atomic E-state index is 13.5. The number of hydrogen-bond donors (Lipinski definition) is 1. The molecule has 1 aliphatic heterocycles. The van der Waals surface area contributed by atoms with E-state index >= 15 is 0 Å². The molecule has 0 aromatic carbocycles. The molecule has 32 heavy (non-hydrogen) atoms. The van der Waals surface area contributed by atoms with Crippen molar-refractivity contribution >= 4 is 23.4 Å². The van der Waals surface area contributed by atoms with Crippen molar-refractivity contribution in [2.75, 3.05) is 18.0 Å². The Morgan fingerprint density at radius 3 is 2.75 bits per heavy atom. The maximum absolute atomic E-state index is 13.5. The van der Waals surface area contributed by atoms with Crippen molar-refractivity contribution in [1.82, 2.24) is 14.7 Å². The Balaban J connectivity index is 1.79. The van der Waals surface area contributed by atoms with Crippen molar-refractivity contribution in [2.24, 2.45) is 5.92 Å². The van der Waals surface area contributed by atoms with Gasteiger partial charge in [0, 0.05) is 25.3 Å².